The summed E-state index contributed by atoms with van der Waals surface area (Å²) in [6.45, 7) is 5.28. The molecule has 1 aliphatic rings. The SMILES string of the molecule is CCCCCCCOC(=O)[C@H]1CC=CC[C@H]1C(=O)OCCCCCCC. The zero-order valence-corrected chi connectivity index (χ0v) is 16.8. The molecule has 0 amide bonds. The van der Waals surface area contributed by atoms with E-state index in [0.717, 1.165) is 25.7 Å². The minimum Gasteiger partial charge on any atom is -0.465 e. The predicted octanol–water partition coefficient (Wildman–Crippen LogP) is 5.60. The third kappa shape index (κ3) is 9.40. The van der Waals surface area contributed by atoms with Gasteiger partial charge >= 0.3 is 11.9 Å². The largest absolute Gasteiger partial charge is 0.465 e. The Morgan fingerprint density at radius 1 is 0.692 bits per heavy atom. The molecule has 0 aromatic carbocycles. The van der Waals surface area contributed by atoms with E-state index in [2.05, 4.69) is 13.8 Å². The summed E-state index contributed by atoms with van der Waals surface area (Å²) in [4.78, 5) is 24.8. The van der Waals surface area contributed by atoms with Crippen molar-refractivity contribution in [1.82, 2.24) is 0 Å². The van der Waals surface area contributed by atoms with Gasteiger partial charge in [-0.3, -0.25) is 9.59 Å². The molecule has 1 aliphatic carbocycles. The summed E-state index contributed by atoms with van der Waals surface area (Å²) in [5, 5.41) is 0. The fourth-order valence-corrected chi connectivity index (χ4v) is 3.31. The lowest BCUT2D eigenvalue weighted by Gasteiger charge is -2.25. The molecule has 4 nitrogen and oxygen atoms in total. The summed E-state index contributed by atoms with van der Waals surface area (Å²) in [5.74, 6) is -1.25. The average Bonchev–Trinajstić information content (AvgIpc) is 2.67. The van der Waals surface area contributed by atoms with E-state index >= 15 is 0 Å². The highest BCUT2D eigenvalue weighted by atomic mass is 16.5. The number of esters is 2. The van der Waals surface area contributed by atoms with Gasteiger partial charge in [-0.15, -0.1) is 0 Å². The standard InChI is InChI=1S/C22H38O4/c1-3-5-7-9-13-17-25-21(23)19-15-11-12-16-20(19)22(24)26-18-14-10-8-6-4-2/h11-12,19-20H,3-10,13-18H2,1-2H3/t19-,20+. The normalized spacial score (nSPS) is 19.3. The van der Waals surface area contributed by atoms with Gasteiger partial charge in [0.1, 0.15) is 0 Å². The maximum atomic E-state index is 12.4. The van der Waals surface area contributed by atoms with Crippen LogP contribution in [0.4, 0.5) is 0 Å². The van der Waals surface area contributed by atoms with E-state index in [1.54, 1.807) is 0 Å². The van der Waals surface area contributed by atoms with Crippen molar-refractivity contribution in [2.24, 2.45) is 11.8 Å². The van der Waals surface area contributed by atoms with E-state index in [1.807, 2.05) is 12.2 Å². The Bertz CT molecular complexity index is 378. The summed E-state index contributed by atoms with van der Waals surface area (Å²) in [7, 11) is 0. The van der Waals surface area contributed by atoms with Crippen LogP contribution in [0.1, 0.15) is 90.9 Å². The van der Waals surface area contributed by atoms with Crippen LogP contribution in [-0.2, 0) is 19.1 Å². The molecule has 0 radical (unpaired) electrons. The first-order valence-electron chi connectivity index (χ1n) is 10.7. The van der Waals surface area contributed by atoms with Crippen molar-refractivity contribution in [2.45, 2.75) is 90.9 Å². The van der Waals surface area contributed by atoms with Crippen molar-refractivity contribution in [1.29, 1.82) is 0 Å². The average molecular weight is 367 g/mol. The Morgan fingerprint density at radius 2 is 1.08 bits per heavy atom. The fourth-order valence-electron chi connectivity index (χ4n) is 3.31. The molecule has 150 valence electrons. The first kappa shape index (κ1) is 22.7. The lowest BCUT2D eigenvalue weighted by Crippen LogP contribution is -2.34. The van der Waals surface area contributed by atoms with E-state index in [-0.39, 0.29) is 23.8 Å². The molecule has 0 fully saturated rings. The van der Waals surface area contributed by atoms with Crippen LogP contribution in [0.3, 0.4) is 0 Å². The van der Waals surface area contributed by atoms with Crippen molar-refractivity contribution in [3.8, 4) is 0 Å². The van der Waals surface area contributed by atoms with Crippen molar-refractivity contribution in [3.63, 3.8) is 0 Å². The molecule has 0 aliphatic heterocycles. The molecule has 0 heterocycles. The number of hydrogen-bond donors (Lipinski definition) is 0. The third-order valence-electron chi connectivity index (χ3n) is 5.02. The first-order valence-corrected chi connectivity index (χ1v) is 10.7. The predicted molar refractivity (Wildman–Crippen MR) is 105 cm³/mol. The number of rotatable bonds is 14. The molecule has 1 rings (SSSR count). The summed E-state index contributed by atoms with van der Waals surface area (Å²) in [5.41, 5.74) is 0. The number of carbonyl (C=O) groups excluding carboxylic acids is 2. The van der Waals surface area contributed by atoms with Crippen LogP contribution in [0, 0.1) is 11.8 Å². The van der Waals surface area contributed by atoms with Crippen LogP contribution in [0.25, 0.3) is 0 Å². The molecule has 2 atom stereocenters. The van der Waals surface area contributed by atoms with Gasteiger partial charge in [0.25, 0.3) is 0 Å². The van der Waals surface area contributed by atoms with Crippen molar-refractivity contribution in [2.75, 3.05) is 13.2 Å². The molecule has 26 heavy (non-hydrogen) atoms. The van der Waals surface area contributed by atoms with Crippen LogP contribution >= 0.6 is 0 Å². The number of unbranched alkanes of at least 4 members (excludes halogenated alkanes) is 8. The van der Waals surface area contributed by atoms with Crippen molar-refractivity contribution >= 4 is 11.9 Å². The maximum absolute atomic E-state index is 12.4. The zero-order valence-electron chi connectivity index (χ0n) is 16.8. The van der Waals surface area contributed by atoms with E-state index in [0.29, 0.717) is 26.1 Å². The lowest BCUT2D eigenvalue weighted by atomic mass is 9.83. The quantitative estimate of drug-likeness (QED) is 0.228. The smallest absolute Gasteiger partial charge is 0.310 e. The van der Waals surface area contributed by atoms with Gasteiger partial charge in [-0.25, -0.2) is 0 Å². The number of allylic oxidation sites excluding steroid dienone is 2. The van der Waals surface area contributed by atoms with Gasteiger partial charge in [0, 0.05) is 0 Å². The van der Waals surface area contributed by atoms with Crippen molar-refractivity contribution in [3.05, 3.63) is 12.2 Å². The lowest BCUT2D eigenvalue weighted by molar-refractivity contribution is -0.161. The highest BCUT2D eigenvalue weighted by Gasteiger charge is 2.36. The zero-order chi connectivity index (χ0) is 19.0. The molecule has 0 N–H and O–H groups in total. The van der Waals surface area contributed by atoms with Gasteiger partial charge in [0.05, 0.1) is 25.0 Å². The van der Waals surface area contributed by atoms with E-state index < -0.39 is 0 Å². The second-order valence-electron chi connectivity index (χ2n) is 7.32. The molecule has 0 saturated heterocycles. The van der Waals surface area contributed by atoms with E-state index in [9.17, 15) is 9.59 Å². The molecule has 4 heteroatoms. The monoisotopic (exact) mass is 366 g/mol. The van der Waals surface area contributed by atoms with Crippen LogP contribution < -0.4 is 0 Å². The van der Waals surface area contributed by atoms with Gasteiger partial charge in [0.15, 0.2) is 0 Å². The molecule has 0 spiro atoms. The Kier molecular flexibility index (Phi) is 12.9. The highest BCUT2D eigenvalue weighted by molar-refractivity contribution is 5.82. The topological polar surface area (TPSA) is 52.6 Å². The number of hydrogen-bond acceptors (Lipinski definition) is 4. The summed E-state index contributed by atoms with van der Waals surface area (Å²) >= 11 is 0. The van der Waals surface area contributed by atoms with Gasteiger partial charge < -0.3 is 9.47 Å². The van der Waals surface area contributed by atoms with E-state index in [1.165, 1.54) is 38.5 Å². The molecule has 0 saturated carbocycles. The fraction of sp³-hybridized carbons (Fsp3) is 0.818. The number of ether oxygens (including phenoxy) is 2. The minimum atomic E-state index is -0.386. The Labute approximate surface area is 159 Å². The van der Waals surface area contributed by atoms with Crippen LogP contribution in [-0.4, -0.2) is 25.2 Å². The maximum Gasteiger partial charge on any atom is 0.310 e. The van der Waals surface area contributed by atoms with Crippen molar-refractivity contribution < 1.29 is 19.1 Å². The summed E-state index contributed by atoms with van der Waals surface area (Å²) < 4.78 is 10.9. The molecular weight excluding hydrogens is 328 g/mol. The van der Waals surface area contributed by atoms with Crippen LogP contribution in [0.2, 0.25) is 0 Å². The molecule has 0 bridgehead atoms. The molecule has 0 aromatic rings. The van der Waals surface area contributed by atoms with E-state index in [4.69, 9.17) is 9.47 Å². The Morgan fingerprint density at radius 3 is 1.46 bits per heavy atom. The molecule has 0 aromatic heterocycles. The second kappa shape index (κ2) is 14.8. The van der Waals surface area contributed by atoms with Crippen LogP contribution in [0.15, 0.2) is 12.2 Å². The summed E-state index contributed by atoms with van der Waals surface area (Å²) in [6.07, 6.45) is 16.3. The van der Waals surface area contributed by atoms with Gasteiger partial charge in [0.2, 0.25) is 0 Å². The summed E-state index contributed by atoms with van der Waals surface area (Å²) in [6, 6.07) is 0. The minimum absolute atomic E-state index is 0.241. The number of carbonyl (C=O) groups is 2. The first-order chi connectivity index (χ1) is 12.7. The van der Waals surface area contributed by atoms with Crippen LogP contribution in [0.5, 0.6) is 0 Å². The third-order valence-corrected chi connectivity index (χ3v) is 5.02. The highest BCUT2D eigenvalue weighted by Crippen LogP contribution is 2.28. The van der Waals surface area contributed by atoms with Gasteiger partial charge in [-0.1, -0.05) is 77.4 Å². The Hall–Kier alpha value is -1.32. The molecular formula is C22H38O4. The van der Waals surface area contributed by atoms with Gasteiger partial charge in [-0.05, 0) is 25.7 Å². The van der Waals surface area contributed by atoms with Gasteiger partial charge in [-0.2, -0.15) is 0 Å². The Balaban J connectivity index is 2.30. The molecule has 0 unspecified atom stereocenters. The second-order valence-corrected chi connectivity index (χ2v) is 7.32.